The fraction of sp³-hybridized carbons (Fsp3) is 0.238. The highest BCUT2D eigenvalue weighted by molar-refractivity contribution is 6.04. The molecule has 0 saturated heterocycles. The number of ether oxygens (including phenoxy) is 2. The predicted molar refractivity (Wildman–Crippen MR) is 107 cm³/mol. The summed E-state index contributed by atoms with van der Waals surface area (Å²) in [4.78, 5) is 16.8. The van der Waals surface area contributed by atoms with Crippen molar-refractivity contribution in [2.45, 2.75) is 6.04 Å². The number of fused-ring (bicyclic) bond motifs is 1. The van der Waals surface area contributed by atoms with Gasteiger partial charge in [-0.25, -0.2) is 4.39 Å². The van der Waals surface area contributed by atoms with Crippen molar-refractivity contribution in [2.24, 2.45) is 0 Å². The second-order valence-corrected chi connectivity index (χ2v) is 6.70. The molecule has 3 aromatic rings. The zero-order chi connectivity index (χ0) is 20.4. The smallest absolute Gasteiger partial charge is 0.270 e. The van der Waals surface area contributed by atoms with Crippen LogP contribution in [0, 0.1) is 5.82 Å². The molecule has 7 nitrogen and oxygen atoms in total. The minimum Gasteiger partial charge on any atom is -0.494 e. The van der Waals surface area contributed by atoms with E-state index < -0.39 is 5.82 Å². The van der Waals surface area contributed by atoms with E-state index in [2.05, 4.69) is 15.6 Å². The third kappa shape index (κ3) is 3.54. The molecule has 4 rings (SSSR count). The highest BCUT2D eigenvalue weighted by Gasteiger charge is 2.31. The monoisotopic (exact) mass is 396 g/mol. The Morgan fingerprint density at radius 1 is 1.28 bits per heavy atom. The van der Waals surface area contributed by atoms with Gasteiger partial charge in [0.2, 0.25) is 0 Å². The molecule has 1 aliphatic rings. The number of carbonyl (C=O) groups is 1. The maximum atomic E-state index is 13.8. The number of pyridine rings is 1. The molecule has 0 spiro atoms. The van der Waals surface area contributed by atoms with Gasteiger partial charge in [-0.1, -0.05) is 0 Å². The van der Waals surface area contributed by atoms with E-state index in [4.69, 9.17) is 9.47 Å². The first-order valence-corrected chi connectivity index (χ1v) is 9.15. The van der Waals surface area contributed by atoms with Crippen molar-refractivity contribution in [3.8, 4) is 16.9 Å². The van der Waals surface area contributed by atoms with E-state index in [1.165, 1.54) is 13.2 Å². The van der Waals surface area contributed by atoms with Gasteiger partial charge < -0.3 is 24.7 Å². The lowest BCUT2D eigenvalue weighted by molar-refractivity contribution is 0.0876. The predicted octanol–water partition coefficient (Wildman–Crippen LogP) is 3.37. The second kappa shape index (κ2) is 7.92. The lowest BCUT2D eigenvalue weighted by Crippen LogP contribution is -2.40. The molecular weight excluding hydrogens is 375 g/mol. The molecule has 1 aromatic carbocycles. The van der Waals surface area contributed by atoms with Crippen molar-refractivity contribution in [3.63, 3.8) is 0 Å². The summed E-state index contributed by atoms with van der Waals surface area (Å²) < 4.78 is 26.2. The molecule has 0 aliphatic carbocycles. The van der Waals surface area contributed by atoms with E-state index in [0.717, 1.165) is 11.1 Å². The topological polar surface area (TPSA) is 77.4 Å². The van der Waals surface area contributed by atoms with Crippen LogP contribution in [-0.4, -0.2) is 42.8 Å². The van der Waals surface area contributed by atoms with Crippen LogP contribution in [-0.2, 0) is 4.74 Å². The Hall–Kier alpha value is -3.39. The molecule has 1 amide bonds. The highest BCUT2D eigenvalue weighted by atomic mass is 19.1. The Balaban J connectivity index is 1.86. The zero-order valence-corrected chi connectivity index (χ0v) is 16.1. The van der Waals surface area contributed by atoms with Crippen molar-refractivity contribution in [1.29, 1.82) is 0 Å². The molecule has 29 heavy (non-hydrogen) atoms. The number of hydrogen-bond donors (Lipinski definition) is 2. The molecule has 8 heteroatoms. The lowest BCUT2D eigenvalue weighted by Gasteiger charge is -2.26. The standard InChI is InChI=1S/C21H21FN4O3/c1-28-12-15-10-24-21(27)20-19(25-14-3-4-17(22)18(9-14)29-2)16(11-26(15)20)13-5-7-23-8-6-13/h3-9,11,15,25H,10,12H2,1-2H3,(H,24,27)/t15-/m0/s1. The number of rotatable bonds is 6. The maximum Gasteiger partial charge on any atom is 0.270 e. The van der Waals surface area contributed by atoms with Gasteiger partial charge in [-0.2, -0.15) is 0 Å². The summed E-state index contributed by atoms with van der Waals surface area (Å²) >= 11 is 0. The van der Waals surface area contributed by atoms with Gasteiger partial charge in [0.05, 0.1) is 25.4 Å². The van der Waals surface area contributed by atoms with Crippen molar-refractivity contribution in [3.05, 3.63) is 60.4 Å². The first-order valence-electron chi connectivity index (χ1n) is 9.15. The molecule has 0 bridgehead atoms. The highest BCUT2D eigenvalue weighted by Crippen LogP contribution is 2.38. The second-order valence-electron chi connectivity index (χ2n) is 6.70. The average Bonchev–Trinajstić information content (AvgIpc) is 3.12. The number of carbonyl (C=O) groups excluding carboxylic acids is 1. The van der Waals surface area contributed by atoms with Crippen molar-refractivity contribution >= 4 is 17.3 Å². The summed E-state index contributed by atoms with van der Waals surface area (Å²) in [6, 6.07) is 8.20. The van der Waals surface area contributed by atoms with Crippen molar-refractivity contribution in [1.82, 2.24) is 14.9 Å². The van der Waals surface area contributed by atoms with Gasteiger partial charge in [0, 0.05) is 49.6 Å². The van der Waals surface area contributed by atoms with Gasteiger partial charge in [-0.3, -0.25) is 9.78 Å². The molecule has 0 fully saturated rings. The van der Waals surface area contributed by atoms with Crippen LogP contribution in [0.15, 0.2) is 48.9 Å². The van der Waals surface area contributed by atoms with E-state index >= 15 is 0 Å². The number of nitrogens with one attached hydrogen (secondary N) is 2. The van der Waals surface area contributed by atoms with Crippen molar-refractivity contribution < 1.29 is 18.7 Å². The largest absolute Gasteiger partial charge is 0.494 e. The molecule has 2 N–H and O–H groups in total. The average molecular weight is 396 g/mol. The van der Waals surface area contributed by atoms with Crippen LogP contribution in [0.25, 0.3) is 11.1 Å². The molecule has 0 saturated carbocycles. The molecule has 0 unspecified atom stereocenters. The van der Waals surface area contributed by atoms with E-state index in [0.29, 0.717) is 30.2 Å². The Morgan fingerprint density at radius 3 is 2.79 bits per heavy atom. The normalized spacial score (nSPS) is 15.6. The quantitative estimate of drug-likeness (QED) is 0.668. The summed E-state index contributed by atoms with van der Waals surface area (Å²) in [5.74, 6) is -0.520. The van der Waals surface area contributed by atoms with Crippen LogP contribution < -0.4 is 15.4 Å². The fourth-order valence-electron chi connectivity index (χ4n) is 3.53. The van der Waals surface area contributed by atoms with Gasteiger partial charge in [0.25, 0.3) is 5.91 Å². The number of anilines is 2. The maximum absolute atomic E-state index is 13.8. The van der Waals surface area contributed by atoms with E-state index in [-0.39, 0.29) is 17.7 Å². The third-order valence-electron chi connectivity index (χ3n) is 4.91. The molecule has 0 radical (unpaired) electrons. The van der Waals surface area contributed by atoms with E-state index in [9.17, 15) is 9.18 Å². The zero-order valence-electron chi connectivity index (χ0n) is 16.1. The van der Waals surface area contributed by atoms with Crippen LogP contribution >= 0.6 is 0 Å². The number of aromatic nitrogens is 2. The first kappa shape index (κ1) is 18.9. The molecule has 1 aliphatic heterocycles. The first-order chi connectivity index (χ1) is 14.1. The van der Waals surface area contributed by atoms with Gasteiger partial charge in [0.1, 0.15) is 5.69 Å². The molecule has 1 atom stereocenters. The van der Waals surface area contributed by atoms with Gasteiger partial charge in [0.15, 0.2) is 11.6 Å². The molecular formula is C21H21FN4O3. The molecule has 150 valence electrons. The number of amides is 1. The van der Waals surface area contributed by atoms with Crippen LogP contribution in [0.2, 0.25) is 0 Å². The summed E-state index contributed by atoms with van der Waals surface area (Å²) in [5, 5.41) is 6.20. The van der Waals surface area contributed by atoms with E-state index in [1.807, 2.05) is 22.9 Å². The van der Waals surface area contributed by atoms with Crippen LogP contribution in [0.5, 0.6) is 5.75 Å². The number of hydrogen-bond acceptors (Lipinski definition) is 5. The number of benzene rings is 1. The van der Waals surface area contributed by atoms with Gasteiger partial charge in [-0.05, 0) is 29.8 Å². The summed E-state index contributed by atoms with van der Waals surface area (Å²) in [7, 11) is 3.04. The van der Waals surface area contributed by atoms with E-state index in [1.54, 1.807) is 31.6 Å². The van der Waals surface area contributed by atoms with Gasteiger partial charge in [-0.15, -0.1) is 0 Å². The minimum atomic E-state index is -0.454. The van der Waals surface area contributed by atoms with Crippen LogP contribution in [0.4, 0.5) is 15.8 Å². The Kier molecular flexibility index (Phi) is 5.18. The molecule has 3 heterocycles. The fourth-order valence-corrected chi connectivity index (χ4v) is 3.53. The lowest BCUT2D eigenvalue weighted by atomic mass is 10.1. The summed E-state index contributed by atoms with van der Waals surface area (Å²) in [6.45, 7) is 0.940. The number of methoxy groups -OCH3 is 2. The Labute approximate surface area is 167 Å². The number of halogens is 1. The van der Waals surface area contributed by atoms with Gasteiger partial charge >= 0.3 is 0 Å². The minimum absolute atomic E-state index is 0.0356. The Bertz CT molecular complexity index is 1040. The van der Waals surface area contributed by atoms with Crippen molar-refractivity contribution in [2.75, 3.05) is 32.7 Å². The number of nitrogens with zero attached hydrogens (tertiary/aromatic N) is 2. The summed E-state index contributed by atoms with van der Waals surface area (Å²) in [6.07, 6.45) is 5.34. The van der Waals surface area contributed by atoms with Crippen LogP contribution in [0.3, 0.4) is 0 Å². The summed E-state index contributed by atoms with van der Waals surface area (Å²) in [5.41, 5.74) is 3.47. The Morgan fingerprint density at radius 2 is 2.07 bits per heavy atom. The third-order valence-corrected chi connectivity index (χ3v) is 4.91. The molecule has 2 aromatic heterocycles. The SMILES string of the molecule is COC[C@@H]1CNC(=O)c2c(Nc3ccc(F)c(OC)c3)c(-c3ccncc3)cn21. The van der Waals surface area contributed by atoms with Crippen LogP contribution in [0.1, 0.15) is 16.5 Å².